The Kier molecular flexibility index (Phi) is 8.78. The summed E-state index contributed by atoms with van der Waals surface area (Å²) in [4.78, 5) is 14.7. The molecule has 0 unspecified atom stereocenters. The van der Waals surface area contributed by atoms with Crippen molar-refractivity contribution >= 4 is 43.2 Å². The number of piperazine rings is 1. The number of rotatable bonds is 9. The number of ether oxygens (including phenoxy) is 1. The highest BCUT2D eigenvalue weighted by Gasteiger charge is 2.28. The monoisotopic (exact) mass is 544 g/mol. The van der Waals surface area contributed by atoms with Gasteiger partial charge in [0.15, 0.2) is 0 Å². The van der Waals surface area contributed by atoms with Crippen molar-refractivity contribution in [3.05, 3.63) is 47.5 Å². The summed E-state index contributed by atoms with van der Waals surface area (Å²) in [5.74, 6) is -0.228. The first kappa shape index (κ1) is 27.4. The first-order chi connectivity index (χ1) is 16.5. The second kappa shape index (κ2) is 11.2. The Bertz CT molecular complexity index is 1260. The van der Waals surface area contributed by atoms with Crippen LogP contribution in [0.15, 0.2) is 52.3 Å². The minimum Gasteiger partial charge on any atom is -0.495 e. The number of nitrogens with one attached hydrogen (secondary N) is 1. The summed E-state index contributed by atoms with van der Waals surface area (Å²) in [6, 6.07) is 9.90. The minimum absolute atomic E-state index is 0.0571. The molecule has 0 saturated carbocycles. The van der Waals surface area contributed by atoms with E-state index >= 15 is 0 Å². The molecule has 0 aliphatic carbocycles. The second-order valence-electron chi connectivity index (χ2n) is 8.01. The minimum atomic E-state index is -3.98. The summed E-state index contributed by atoms with van der Waals surface area (Å²) in [6.45, 7) is 3.40. The number of likely N-dealkylation sites (N-methyl/N-ethyl adjacent to an activating group) is 2. The van der Waals surface area contributed by atoms with Crippen molar-refractivity contribution < 1.29 is 26.4 Å². The number of carbonyl (C=O) groups excluding carboxylic acids is 1. The van der Waals surface area contributed by atoms with Crippen LogP contribution in [0.2, 0.25) is 5.02 Å². The molecule has 0 bridgehead atoms. The molecule has 1 fully saturated rings. The zero-order valence-electron chi connectivity index (χ0n) is 19.8. The van der Waals surface area contributed by atoms with E-state index in [-0.39, 0.29) is 21.4 Å². The lowest BCUT2D eigenvalue weighted by Gasteiger charge is -2.31. The highest BCUT2D eigenvalue weighted by Crippen LogP contribution is 2.28. The van der Waals surface area contributed by atoms with Gasteiger partial charge in [-0.2, -0.15) is 8.61 Å². The molecule has 1 aliphatic heterocycles. The van der Waals surface area contributed by atoms with Crippen LogP contribution in [0.5, 0.6) is 5.75 Å². The van der Waals surface area contributed by atoms with Crippen LogP contribution in [-0.4, -0.2) is 89.7 Å². The van der Waals surface area contributed by atoms with Gasteiger partial charge in [0.25, 0.3) is 0 Å². The van der Waals surface area contributed by atoms with E-state index < -0.39 is 32.5 Å². The number of nitrogens with zero attached hydrogens (tertiary/aromatic N) is 3. The van der Waals surface area contributed by atoms with Crippen LogP contribution in [0.3, 0.4) is 0 Å². The van der Waals surface area contributed by atoms with Crippen LogP contribution >= 0.6 is 11.6 Å². The quantitative estimate of drug-likeness (QED) is 0.512. The molecule has 2 aromatic carbocycles. The molecule has 0 radical (unpaired) electrons. The van der Waals surface area contributed by atoms with Crippen molar-refractivity contribution in [3.63, 3.8) is 0 Å². The molecule has 1 heterocycles. The fourth-order valence-electron chi connectivity index (χ4n) is 3.57. The number of hydrogen-bond donors (Lipinski definition) is 1. The average Bonchev–Trinajstić information content (AvgIpc) is 2.83. The van der Waals surface area contributed by atoms with Gasteiger partial charge in [0.05, 0.1) is 28.5 Å². The van der Waals surface area contributed by atoms with E-state index in [1.165, 1.54) is 53.9 Å². The maximum Gasteiger partial charge on any atom is 0.243 e. The zero-order valence-corrected chi connectivity index (χ0v) is 22.2. The highest BCUT2D eigenvalue weighted by atomic mass is 35.5. The maximum absolute atomic E-state index is 13.0. The molecular formula is C22H29ClN4O6S2. The molecule has 1 aliphatic rings. The number of anilines is 1. The topological polar surface area (TPSA) is 116 Å². The number of sulfonamides is 2. The molecule has 0 atom stereocenters. The lowest BCUT2D eigenvalue weighted by atomic mass is 10.3. The maximum atomic E-state index is 13.0. The number of methoxy groups -OCH3 is 1. The van der Waals surface area contributed by atoms with Gasteiger partial charge in [0.2, 0.25) is 26.0 Å². The molecule has 1 saturated heterocycles. The second-order valence-corrected chi connectivity index (χ2v) is 12.3. The van der Waals surface area contributed by atoms with Crippen LogP contribution in [0, 0.1) is 0 Å². The fourth-order valence-corrected chi connectivity index (χ4v) is 6.75. The zero-order chi connectivity index (χ0) is 25.8. The van der Waals surface area contributed by atoms with E-state index in [1.807, 2.05) is 7.05 Å². The van der Waals surface area contributed by atoms with Gasteiger partial charge in [-0.3, -0.25) is 4.79 Å². The fraction of sp³-hybridized carbons (Fsp3) is 0.409. The Balaban J connectivity index is 1.67. The van der Waals surface area contributed by atoms with Crippen molar-refractivity contribution in [2.24, 2.45) is 0 Å². The van der Waals surface area contributed by atoms with Crippen molar-refractivity contribution in [1.82, 2.24) is 13.5 Å². The van der Waals surface area contributed by atoms with Crippen molar-refractivity contribution in [2.75, 3.05) is 58.7 Å². The van der Waals surface area contributed by atoms with Gasteiger partial charge in [-0.25, -0.2) is 16.8 Å². The smallest absolute Gasteiger partial charge is 0.243 e. The van der Waals surface area contributed by atoms with E-state index in [2.05, 4.69) is 10.2 Å². The van der Waals surface area contributed by atoms with E-state index in [9.17, 15) is 21.6 Å². The van der Waals surface area contributed by atoms with Gasteiger partial charge in [-0.1, -0.05) is 18.5 Å². The van der Waals surface area contributed by atoms with Crippen LogP contribution in [0.1, 0.15) is 6.92 Å². The van der Waals surface area contributed by atoms with E-state index in [0.29, 0.717) is 37.6 Å². The summed E-state index contributed by atoms with van der Waals surface area (Å²) < 4.78 is 59.2. The molecular weight excluding hydrogens is 516 g/mol. The molecule has 0 aromatic heterocycles. The van der Waals surface area contributed by atoms with Crippen LogP contribution < -0.4 is 10.1 Å². The summed E-state index contributed by atoms with van der Waals surface area (Å²) >= 11 is 6.06. The van der Waals surface area contributed by atoms with Crippen molar-refractivity contribution in [2.45, 2.75) is 16.7 Å². The Morgan fingerprint density at radius 1 is 1.03 bits per heavy atom. The predicted molar refractivity (Wildman–Crippen MR) is 134 cm³/mol. The first-order valence-corrected chi connectivity index (χ1v) is 14.2. The molecule has 10 nitrogen and oxygen atoms in total. The number of carbonyl (C=O) groups is 1. The van der Waals surface area contributed by atoms with Gasteiger partial charge < -0.3 is 15.0 Å². The van der Waals surface area contributed by atoms with Gasteiger partial charge in [-0.15, -0.1) is 0 Å². The lowest BCUT2D eigenvalue weighted by molar-refractivity contribution is -0.116. The Labute approximate surface area is 211 Å². The standard InChI is InChI=1S/C22H29ClN4O6S2/c1-4-26(35(31,32)19-9-10-21(33-3)20(23)15-19)16-22(28)24-17-5-7-18(8-6-17)34(29,30)27-13-11-25(2)12-14-27/h5-10,15H,4,11-14,16H2,1-3H3,(H,24,28). The highest BCUT2D eigenvalue weighted by molar-refractivity contribution is 7.89. The molecule has 192 valence electrons. The third-order valence-electron chi connectivity index (χ3n) is 5.67. The predicted octanol–water partition coefficient (Wildman–Crippen LogP) is 1.93. The Morgan fingerprint density at radius 3 is 2.17 bits per heavy atom. The van der Waals surface area contributed by atoms with E-state index in [1.54, 1.807) is 6.92 Å². The van der Waals surface area contributed by atoms with Gasteiger partial charge in [0.1, 0.15) is 5.75 Å². The van der Waals surface area contributed by atoms with Crippen molar-refractivity contribution in [1.29, 1.82) is 0 Å². The molecule has 13 heteroatoms. The average molecular weight is 545 g/mol. The molecule has 0 spiro atoms. The van der Waals surface area contributed by atoms with E-state index in [0.717, 1.165) is 4.31 Å². The van der Waals surface area contributed by atoms with Crippen LogP contribution in [-0.2, 0) is 24.8 Å². The SMILES string of the molecule is CCN(CC(=O)Nc1ccc(S(=O)(=O)N2CCN(C)CC2)cc1)S(=O)(=O)c1ccc(OC)c(Cl)c1. The number of benzene rings is 2. The van der Waals surface area contributed by atoms with Crippen LogP contribution in [0.25, 0.3) is 0 Å². The number of amides is 1. The van der Waals surface area contributed by atoms with Gasteiger partial charge in [-0.05, 0) is 49.5 Å². The molecule has 3 rings (SSSR count). The summed E-state index contributed by atoms with van der Waals surface area (Å²) in [7, 11) is -4.24. The van der Waals surface area contributed by atoms with Crippen LogP contribution in [0.4, 0.5) is 5.69 Å². The summed E-state index contributed by atoms with van der Waals surface area (Å²) in [5, 5.41) is 2.76. The lowest BCUT2D eigenvalue weighted by Crippen LogP contribution is -2.46. The number of hydrogen-bond acceptors (Lipinski definition) is 7. The number of halogens is 1. The summed E-state index contributed by atoms with van der Waals surface area (Å²) in [6.07, 6.45) is 0. The van der Waals surface area contributed by atoms with Crippen molar-refractivity contribution in [3.8, 4) is 5.75 Å². The Hall–Kier alpha value is -2.22. The Morgan fingerprint density at radius 2 is 1.63 bits per heavy atom. The summed E-state index contributed by atoms with van der Waals surface area (Å²) in [5.41, 5.74) is 0.355. The third-order valence-corrected chi connectivity index (χ3v) is 9.80. The third kappa shape index (κ3) is 6.32. The molecule has 1 amide bonds. The molecule has 35 heavy (non-hydrogen) atoms. The first-order valence-electron chi connectivity index (χ1n) is 10.9. The molecule has 1 N–H and O–H groups in total. The molecule has 2 aromatic rings. The van der Waals surface area contributed by atoms with E-state index in [4.69, 9.17) is 16.3 Å². The van der Waals surface area contributed by atoms with Gasteiger partial charge >= 0.3 is 0 Å². The van der Waals surface area contributed by atoms with Gasteiger partial charge in [0, 0.05) is 38.4 Å². The normalized spacial score (nSPS) is 15.8. The largest absolute Gasteiger partial charge is 0.495 e.